The van der Waals surface area contributed by atoms with Crippen LogP contribution in [0.3, 0.4) is 0 Å². The van der Waals surface area contributed by atoms with E-state index in [-0.39, 0.29) is 0 Å². The van der Waals surface area contributed by atoms with Crippen molar-refractivity contribution in [3.8, 4) is 5.75 Å². The Labute approximate surface area is 79.1 Å². The third-order valence-electron chi connectivity index (χ3n) is 2.29. The molecule has 0 unspecified atom stereocenters. The normalized spacial score (nSPS) is 18.2. The zero-order valence-corrected chi connectivity index (χ0v) is 7.65. The molecule has 2 heteroatoms. The summed E-state index contributed by atoms with van der Waals surface area (Å²) >= 11 is 0. The smallest absolute Gasteiger partial charge is 0.124 e. The van der Waals surface area contributed by atoms with E-state index in [4.69, 9.17) is 4.74 Å². The number of hydrogen-bond donors (Lipinski definition) is 0. The summed E-state index contributed by atoms with van der Waals surface area (Å²) in [6, 6.07) is 9.97. The van der Waals surface area contributed by atoms with Gasteiger partial charge in [-0.3, -0.25) is 4.90 Å². The molecule has 1 fully saturated rings. The SMILES string of the molecule is [CH2]CN1CC(Oc2ccccc2)C1. The lowest BCUT2D eigenvalue weighted by Crippen LogP contribution is -2.53. The molecule has 1 radical (unpaired) electrons. The first kappa shape index (κ1) is 8.57. The minimum atomic E-state index is 0.365. The molecule has 1 aliphatic rings. The maximum atomic E-state index is 5.71. The van der Waals surface area contributed by atoms with Gasteiger partial charge in [0.05, 0.1) is 0 Å². The van der Waals surface area contributed by atoms with Gasteiger partial charge >= 0.3 is 0 Å². The van der Waals surface area contributed by atoms with Gasteiger partial charge in [0, 0.05) is 13.1 Å². The van der Waals surface area contributed by atoms with Crippen LogP contribution in [0.15, 0.2) is 30.3 Å². The van der Waals surface area contributed by atoms with Crippen LogP contribution in [0.2, 0.25) is 0 Å². The van der Waals surface area contributed by atoms with E-state index >= 15 is 0 Å². The van der Waals surface area contributed by atoms with E-state index in [9.17, 15) is 0 Å². The van der Waals surface area contributed by atoms with Crippen LogP contribution in [-0.2, 0) is 0 Å². The average molecular weight is 176 g/mol. The first-order chi connectivity index (χ1) is 6.38. The molecule has 13 heavy (non-hydrogen) atoms. The van der Waals surface area contributed by atoms with Crippen LogP contribution in [-0.4, -0.2) is 30.6 Å². The molecule has 2 nitrogen and oxygen atoms in total. The van der Waals surface area contributed by atoms with Crippen molar-refractivity contribution in [3.63, 3.8) is 0 Å². The molecule has 1 aliphatic heterocycles. The number of rotatable bonds is 3. The third-order valence-corrected chi connectivity index (χ3v) is 2.29. The summed E-state index contributed by atoms with van der Waals surface area (Å²) in [5, 5.41) is 0. The lowest BCUT2D eigenvalue weighted by Gasteiger charge is -2.38. The molecule has 0 bridgehead atoms. The van der Waals surface area contributed by atoms with Crippen molar-refractivity contribution < 1.29 is 4.74 Å². The Morgan fingerprint density at radius 2 is 2.00 bits per heavy atom. The molecule has 0 aromatic heterocycles. The summed E-state index contributed by atoms with van der Waals surface area (Å²) in [5.74, 6) is 0.969. The number of hydrogen-bond acceptors (Lipinski definition) is 2. The molecule has 0 atom stereocenters. The molecule has 0 spiro atoms. The highest BCUT2D eigenvalue weighted by atomic mass is 16.5. The molecule has 0 amide bonds. The zero-order chi connectivity index (χ0) is 9.10. The van der Waals surface area contributed by atoms with Gasteiger partial charge in [-0.15, -0.1) is 0 Å². The monoisotopic (exact) mass is 176 g/mol. The van der Waals surface area contributed by atoms with E-state index in [1.807, 2.05) is 30.3 Å². The van der Waals surface area contributed by atoms with E-state index in [0.717, 1.165) is 25.4 Å². The van der Waals surface area contributed by atoms with Crippen molar-refractivity contribution in [1.82, 2.24) is 4.90 Å². The van der Waals surface area contributed by atoms with E-state index in [1.165, 1.54) is 0 Å². The Morgan fingerprint density at radius 3 is 2.62 bits per heavy atom. The first-order valence-corrected chi connectivity index (χ1v) is 4.62. The van der Waals surface area contributed by atoms with Crippen molar-refractivity contribution in [2.45, 2.75) is 6.10 Å². The Kier molecular flexibility index (Phi) is 2.50. The van der Waals surface area contributed by atoms with Crippen LogP contribution in [0.1, 0.15) is 0 Å². The number of para-hydroxylation sites is 1. The van der Waals surface area contributed by atoms with Gasteiger partial charge in [0.1, 0.15) is 11.9 Å². The lowest BCUT2D eigenvalue weighted by atomic mass is 10.2. The summed E-state index contributed by atoms with van der Waals surface area (Å²) < 4.78 is 5.71. The molecule has 0 saturated carbocycles. The molecule has 1 saturated heterocycles. The third kappa shape index (κ3) is 2.01. The second-order valence-electron chi connectivity index (χ2n) is 3.31. The van der Waals surface area contributed by atoms with Gasteiger partial charge in [-0.05, 0) is 25.6 Å². The Morgan fingerprint density at radius 1 is 1.31 bits per heavy atom. The molecule has 1 aromatic carbocycles. The molecule has 0 N–H and O–H groups in total. The van der Waals surface area contributed by atoms with Gasteiger partial charge in [0.2, 0.25) is 0 Å². The number of benzene rings is 1. The zero-order valence-electron chi connectivity index (χ0n) is 7.65. The molecule has 2 rings (SSSR count). The average Bonchev–Trinajstić information content (AvgIpc) is 2.12. The van der Waals surface area contributed by atoms with Crippen molar-refractivity contribution in [1.29, 1.82) is 0 Å². The van der Waals surface area contributed by atoms with Crippen LogP contribution in [0.5, 0.6) is 5.75 Å². The van der Waals surface area contributed by atoms with E-state index in [0.29, 0.717) is 6.10 Å². The van der Waals surface area contributed by atoms with E-state index in [2.05, 4.69) is 11.8 Å². The van der Waals surface area contributed by atoms with Crippen molar-refractivity contribution >= 4 is 0 Å². The minimum absolute atomic E-state index is 0.365. The molecule has 1 aromatic rings. The van der Waals surface area contributed by atoms with Gasteiger partial charge in [-0.1, -0.05) is 18.2 Å². The number of ether oxygens (including phenoxy) is 1. The first-order valence-electron chi connectivity index (χ1n) is 4.62. The molecular formula is C11H14NO. The molecular weight excluding hydrogens is 162 g/mol. The Balaban J connectivity index is 1.81. The van der Waals surface area contributed by atoms with Crippen molar-refractivity contribution in [3.05, 3.63) is 37.3 Å². The fourth-order valence-electron chi connectivity index (χ4n) is 1.47. The standard InChI is InChI=1S/C11H14NO/c1-2-12-8-11(9-12)13-10-6-4-3-5-7-10/h3-7,11H,1-2,8-9H2. The highest BCUT2D eigenvalue weighted by Gasteiger charge is 2.26. The van der Waals surface area contributed by atoms with Crippen LogP contribution in [0.25, 0.3) is 0 Å². The predicted octanol–water partition coefficient (Wildman–Crippen LogP) is 1.58. The summed E-state index contributed by atoms with van der Waals surface area (Å²) in [5.41, 5.74) is 0. The van der Waals surface area contributed by atoms with Gasteiger partial charge in [-0.2, -0.15) is 0 Å². The quantitative estimate of drug-likeness (QED) is 0.693. The second-order valence-corrected chi connectivity index (χ2v) is 3.31. The largest absolute Gasteiger partial charge is 0.488 e. The van der Waals surface area contributed by atoms with Crippen molar-refractivity contribution in [2.75, 3.05) is 19.6 Å². The second kappa shape index (κ2) is 3.79. The summed E-state index contributed by atoms with van der Waals surface area (Å²) in [4.78, 5) is 2.26. The number of likely N-dealkylation sites (tertiary alicyclic amines) is 1. The fraction of sp³-hybridized carbons (Fsp3) is 0.364. The molecule has 0 aliphatic carbocycles. The summed E-state index contributed by atoms with van der Waals surface area (Å²) in [6.45, 7) is 6.73. The molecule has 1 heterocycles. The Hall–Kier alpha value is -1.02. The summed E-state index contributed by atoms with van der Waals surface area (Å²) in [6.07, 6.45) is 0.365. The highest BCUT2D eigenvalue weighted by molar-refractivity contribution is 5.21. The van der Waals surface area contributed by atoms with Gasteiger partial charge in [-0.25, -0.2) is 0 Å². The van der Waals surface area contributed by atoms with Gasteiger partial charge in [0.25, 0.3) is 0 Å². The predicted molar refractivity (Wildman–Crippen MR) is 52.7 cm³/mol. The van der Waals surface area contributed by atoms with Gasteiger partial charge in [0.15, 0.2) is 0 Å². The highest BCUT2D eigenvalue weighted by Crippen LogP contribution is 2.16. The Bertz CT molecular complexity index is 254. The van der Waals surface area contributed by atoms with Crippen LogP contribution >= 0.6 is 0 Å². The lowest BCUT2D eigenvalue weighted by molar-refractivity contribution is 0.0278. The summed E-state index contributed by atoms with van der Waals surface area (Å²) in [7, 11) is 0. The maximum Gasteiger partial charge on any atom is 0.124 e. The van der Waals surface area contributed by atoms with Gasteiger partial charge < -0.3 is 4.74 Å². The minimum Gasteiger partial charge on any atom is -0.488 e. The number of nitrogens with zero attached hydrogens (tertiary/aromatic N) is 1. The van der Waals surface area contributed by atoms with E-state index < -0.39 is 0 Å². The van der Waals surface area contributed by atoms with Crippen LogP contribution in [0.4, 0.5) is 0 Å². The molecule has 69 valence electrons. The van der Waals surface area contributed by atoms with Crippen LogP contribution < -0.4 is 4.74 Å². The fourth-order valence-corrected chi connectivity index (χ4v) is 1.47. The maximum absolute atomic E-state index is 5.71. The van der Waals surface area contributed by atoms with Crippen LogP contribution in [0, 0.1) is 6.92 Å². The topological polar surface area (TPSA) is 12.5 Å². The van der Waals surface area contributed by atoms with E-state index in [1.54, 1.807) is 0 Å². The van der Waals surface area contributed by atoms with Crippen molar-refractivity contribution in [2.24, 2.45) is 0 Å².